The smallest absolute Gasteiger partial charge is 0.317 e. The van der Waals surface area contributed by atoms with Crippen LogP contribution in [-0.2, 0) is 13.1 Å². The lowest BCUT2D eigenvalue weighted by Crippen LogP contribution is -2.50. The van der Waals surface area contributed by atoms with Crippen molar-refractivity contribution in [1.82, 2.24) is 20.1 Å². The van der Waals surface area contributed by atoms with Crippen LogP contribution in [-0.4, -0.2) is 53.2 Å². The average Bonchev–Trinajstić information content (AvgIpc) is 2.69. The van der Waals surface area contributed by atoms with Crippen molar-refractivity contribution in [3.63, 3.8) is 0 Å². The number of hydrogen-bond acceptors (Lipinski definition) is 4. The molecule has 1 atom stereocenters. The third-order valence-corrected chi connectivity index (χ3v) is 5.59. The van der Waals surface area contributed by atoms with Gasteiger partial charge < -0.3 is 10.2 Å². The molecule has 0 radical (unpaired) electrons. The number of thioether (sulfide) groups is 1. The zero-order chi connectivity index (χ0) is 19.1. The molecule has 3 rings (SSSR count). The van der Waals surface area contributed by atoms with Crippen molar-refractivity contribution in [3.05, 3.63) is 59.9 Å². The molecule has 2 amide bonds. The molecule has 0 saturated carbocycles. The molecular weight excluding hydrogens is 356 g/mol. The zero-order valence-electron chi connectivity index (χ0n) is 16.1. The number of amides is 2. The molecule has 0 aliphatic carbocycles. The molecule has 1 aromatic carbocycles. The summed E-state index contributed by atoms with van der Waals surface area (Å²) in [6.45, 7) is 3.46. The van der Waals surface area contributed by atoms with Gasteiger partial charge in [-0.05, 0) is 55.0 Å². The second-order valence-corrected chi connectivity index (χ2v) is 7.97. The SMILES string of the molecule is CSc1cccc(CN(C)C(=O)N[C@H]2CCCN(Cc3cccnc3)C2)c1. The van der Waals surface area contributed by atoms with Gasteiger partial charge in [0.2, 0.25) is 0 Å². The van der Waals surface area contributed by atoms with Crippen LogP contribution in [0.25, 0.3) is 0 Å². The fourth-order valence-electron chi connectivity index (χ4n) is 3.47. The Morgan fingerprint density at radius 2 is 2.19 bits per heavy atom. The monoisotopic (exact) mass is 384 g/mol. The topological polar surface area (TPSA) is 48.5 Å². The van der Waals surface area contributed by atoms with Crippen LogP contribution in [0.2, 0.25) is 0 Å². The first-order valence-corrected chi connectivity index (χ1v) is 10.6. The van der Waals surface area contributed by atoms with Gasteiger partial charge in [-0.1, -0.05) is 18.2 Å². The van der Waals surface area contributed by atoms with E-state index in [9.17, 15) is 4.79 Å². The van der Waals surface area contributed by atoms with Gasteiger partial charge in [-0.3, -0.25) is 9.88 Å². The van der Waals surface area contributed by atoms with E-state index in [2.05, 4.69) is 45.7 Å². The van der Waals surface area contributed by atoms with Crippen LogP contribution in [0.3, 0.4) is 0 Å². The number of urea groups is 1. The Bertz CT molecular complexity index is 740. The van der Waals surface area contributed by atoms with Gasteiger partial charge in [0.05, 0.1) is 0 Å². The van der Waals surface area contributed by atoms with Gasteiger partial charge in [0.1, 0.15) is 0 Å². The summed E-state index contributed by atoms with van der Waals surface area (Å²) in [4.78, 5) is 22.2. The first kappa shape index (κ1) is 19.7. The molecule has 144 valence electrons. The predicted octanol–water partition coefficient (Wildman–Crippen LogP) is 3.61. The highest BCUT2D eigenvalue weighted by atomic mass is 32.2. The van der Waals surface area contributed by atoms with Crippen molar-refractivity contribution < 1.29 is 4.79 Å². The number of carbonyl (C=O) groups is 1. The highest BCUT2D eigenvalue weighted by Crippen LogP contribution is 2.17. The fourth-order valence-corrected chi connectivity index (χ4v) is 3.95. The predicted molar refractivity (Wildman–Crippen MR) is 111 cm³/mol. The third-order valence-electron chi connectivity index (χ3n) is 4.86. The van der Waals surface area contributed by atoms with E-state index in [1.165, 1.54) is 10.5 Å². The molecule has 1 aromatic heterocycles. The number of benzene rings is 1. The minimum Gasteiger partial charge on any atom is -0.334 e. The van der Waals surface area contributed by atoms with Crippen molar-refractivity contribution in [1.29, 1.82) is 0 Å². The maximum Gasteiger partial charge on any atom is 0.317 e. The minimum absolute atomic E-state index is 0.00205. The molecule has 0 unspecified atom stereocenters. The quantitative estimate of drug-likeness (QED) is 0.773. The summed E-state index contributed by atoms with van der Waals surface area (Å²) in [7, 11) is 1.86. The maximum absolute atomic E-state index is 12.6. The Kier molecular flexibility index (Phi) is 7.12. The van der Waals surface area contributed by atoms with Crippen LogP contribution < -0.4 is 5.32 Å². The normalized spacial score (nSPS) is 17.5. The Labute approximate surface area is 166 Å². The number of likely N-dealkylation sites (tertiary alicyclic amines) is 1. The molecule has 5 nitrogen and oxygen atoms in total. The molecule has 1 saturated heterocycles. The van der Waals surface area contributed by atoms with Crippen molar-refractivity contribution in [2.24, 2.45) is 0 Å². The lowest BCUT2D eigenvalue weighted by atomic mass is 10.1. The molecular formula is C21H28N4OS. The largest absolute Gasteiger partial charge is 0.334 e. The molecule has 0 bridgehead atoms. The van der Waals surface area contributed by atoms with Gasteiger partial charge in [0, 0.05) is 50.0 Å². The Morgan fingerprint density at radius 1 is 1.33 bits per heavy atom. The Morgan fingerprint density at radius 3 is 2.96 bits per heavy atom. The number of nitrogens with zero attached hydrogens (tertiary/aromatic N) is 3. The van der Waals surface area contributed by atoms with E-state index in [-0.39, 0.29) is 12.1 Å². The highest BCUT2D eigenvalue weighted by molar-refractivity contribution is 7.98. The van der Waals surface area contributed by atoms with Gasteiger partial charge in [-0.2, -0.15) is 0 Å². The standard InChI is InChI=1S/C21H28N4OS/c1-24(14-17-6-3-9-20(12-17)27-2)21(26)23-19-8-5-11-25(16-19)15-18-7-4-10-22-13-18/h3-4,6-7,9-10,12-13,19H,5,8,11,14-16H2,1-2H3,(H,23,26)/t19-/m0/s1. The van der Waals surface area contributed by atoms with E-state index in [0.717, 1.165) is 38.0 Å². The molecule has 2 heterocycles. The van der Waals surface area contributed by atoms with Crippen LogP contribution >= 0.6 is 11.8 Å². The first-order valence-electron chi connectivity index (χ1n) is 9.40. The van der Waals surface area contributed by atoms with Crippen LogP contribution in [0.5, 0.6) is 0 Å². The van der Waals surface area contributed by atoms with Gasteiger partial charge >= 0.3 is 6.03 Å². The average molecular weight is 385 g/mol. The fraction of sp³-hybridized carbons (Fsp3) is 0.429. The molecule has 6 heteroatoms. The molecule has 0 spiro atoms. The lowest BCUT2D eigenvalue weighted by molar-refractivity contribution is 0.167. The molecule has 2 aromatic rings. The van der Waals surface area contributed by atoms with Crippen LogP contribution in [0.4, 0.5) is 4.79 Å². The molecule has 1 N–H and O–H groups in total. The van der Waals surface area contributed by atoms with Gasteiger partial charge in [0.15, 0.2) is 0 Å². The summed E-state index contributed by atoms with van der Waals surface area (Å²) in [6.07, 6.45) is 7.91. The second kappa shape index (κ2) is 9.76. The summed E-state index contributed by atoms with van der Waals surface area (Å²) in [5.41, 5.74) is 2.37. The van der Waals surface area contributed by atoms with Crippen LogP contribution in [0, 0.1) is 0 Å². The maximum atomic E-state index is 12.6. The van der Waals surface area contributed by atoms with Crippen molar-refractivity contribution in [3.8, 4) is 0 Å². The molecule has 1 aliphatic heterocycles. The van der Waals surface area contributed by atoms with Crippen LogP contribution in [0.1, 0.15) is 24.0 Å². The minimum atomic E-state index is -0.00205. The van der Waals surface area contributed by atoms with Crippen molar-refractivity contribution in [2.75, 3.05) is 26.4 Å². The lowest BCUT2D eigenvalue weighted by Gasteiger charge is -2.34. The number of hydrogen-bond donors (Lipinski definition) is 1. The second-order valence-electron chi connectivity index (χ2n) is 7.09. The number of aromatic nitrogens is 1. The summed E-state index contributed by atoms with van der Waals surface area (Å²) in [6, 6.07) is 12.6. The summed E-state index contributed by atoms with van der Waals surface area (Å²) in [5, 5.41) is 3.21. The van der Waals surface area contributed by atoms with E-state index in [1.807, 2.05) is 25.4 Å². The Balaban J connectivity index is 1.50. The van der Waals surface area contributed by atoms with E-state index in [4.69, 9.17) is 0 Å². The third kappa shape index (κ3) is 5.97. The van der Waals surface area contributed by atoms with Crippen molar-refractivity contribution >= 4 is 17.8 Å². The van der Waals surface area contributed by atoms with Crippen LogP contribution in [0.15, 0.2) is 53.7 Å². The highest BCUT2D eigenvalue weighted by Gasteiger charge is 2.22. The van der Waals surface area contributed by atoms with E-state index < -0.39 is 0 Å². The number of rotatable bonds is 6. The number of carbonyl (C=O) groups excluding carboxylic acids is 1. The van der Waals surface area contributed by atoms with Gasteiger partial charge in [0.25, 0.3) is 0 Å². The molecule has 1 aliphatic rings. The van der Waals surface area contributed by atoms with Crippen molar-refractivity contribution in [2.45, 2.75) is 36.9 Å². The number of nitrogens with one attached hydrogen (secondary N) is 1. The number of pyridine rings is 1. The summed E-state index contributed by atoms with van der Waals surface area (Å²) >= 11 is 1.72. The zero-order valence-corrected chi connectivity index (χ0v) is 16.9. The van der Waals surface area contributed by atoms with Gasteiger partial charge in [-0.15, -0.1) is 11.8 Å². The number of piperidine rings is 1. The van der Waals surface area contributed by atoms with E-state index in [0.29, 0.717) is 6.54 Å². The van der Waals surface area contributed by atoms with E-state index >= 15 is 0 Å². The summed E-state index contributed by atoms with van der Waals surface area (Å²) < 4.78 is 0. The summed E-state index contributed by atoms with van der Waals surface area (Å²) in [5.74, 6) is 0. The van der Waals surface area contributed by atoms with E-state index in [1.54, 1.807) is 22.9 Å². The molecule has 1 fully saturated rings. The van der Waals surface area contributed by atoms with Gasteiger partial charge in [-0.25, -0.2) is 4.79 Å². The Hall–Kier alpha value is -2.05. The molecule has 27 heavy (non-hydrogen) atoms. The first-order chi connectivity index (χ1) is 13.1.